The Labute approximate surface area is 194 Å². The number of halogens is 1. The number of benzene rings is 2. The Hall–Kier alpha value is -3.07. The molecule has 172 valence electrons. The number of rotatable bonds is 6. The minimum atomic E-state index is -0.760. The zero-order valence-corrected chi connectivity index (χ0v) is 18.9. The molecule has 2 aromatic heterocycles. The number of ether oxygens (including phenoxy) is 1. The van der Waals surface area contributed by atoms with Crippen LogP contribution in [0.1, 0.15) is 41.1 Å². The third-order valence-corrected chi connectivity index (χ3v) is 6.55. The summed E-state index contributed by atoms with van der Waals surface area (Å²) >= 11 is 6.13. The van der Waals surface area contributed by atoms with Gasteiger partial charge in [0.25, 0.3) is 0 Å². The smallest absolute Gasteiger partial charge is 0.355 e. The molecular weight excluding hydrogens is 444 g/mol. The standard InChI is InChI=1S/C24H25ClN4O4/c1-2-33-23(31)20-15(14-7-6-13(25)12-19(14)27-20)8-10-26-18-9-11-29-21-16(22(18)30)4-3-5-17(21)28-24(29)32/h3-7,12,18,22,26-27,30H,2,8-11H2,1H3,(H,28,32)/t18-,22?/m1/s1. The number of esters is 1. The highest BCUT2D eigenvalue weighted by molar-refractivity contribution is 6.31. The first-order valence-electron chi connectivity index (χ1n) is 11.1. The molecule has 9 heteroatoms. The molecule has 5 rings (SSSR count). The van der Waals surface area contributed by atoms with Crippen molar-refractivity contribution >= 4 is 39.5 Å². The Bertz CT molecular complexity index is 1400. The van der Waals surface area contributed by atoms with E-state index < -0.39 is 12.1 Å². The van der Waals surface area contributed by atoms with Gasteiger partial charge in [-0.1, -0.05) is 29.8 Å². The molecule has 4 N–H and O–H groups in total. The molecule has 2 atom stereocenters. The zero-order valence-electron chi connectivity index (χ0n) is 18.2. The van der Waals surface area contributed by atoms with Gasteiger partial charge in [-0.05, 0) is 50.1 Å². The second-order valence-corrected chi connectivity index (χ2v) is 8.69. The number of aromatic amines is 2. The lowest BCUT2D eigenvalue weighted by Gasteiger charge is -2.23. The number of carbonyl (C=O) groups is 1. The molecule has 33 heavy (non-hydrogen) atoms. The third kappa shape index (κ3) is 3.84. The lowest BCUT2D eigenvalue weighted by Crippen LogP contribution is -2.36. The van der Waals surface area contributed by atoms with Crippen LogP contribution in [0.5, 0.6) is 0 Å². The van der Waals surface area contributed by atoms with Crippen LogP contribution in [-0.2, 0) is 17.7 Å². The molecule has 0 saturated heterocycles. The van der Waals surface area contributed by atoms with E-state index in [1.54, 1.807) is 23.6 Å². The van der Waals surface area contributed by atoms with E-state index in [9.17, 15) is 14.7 Å². The van der Waals surface area contributed by atoms with Gasteiger partial charge in [0.05, 0.1) is 23.7 Å². The third-order valence-electron chi connectivity index (χ3n) is 6.32. The van der Waals surface area contributed by atoms with Crippen LogP contribution in [0.2, 0.25) is 5.02 Å². The largest absolute Gasteiger partial charge is 0.461 e. The predicted octanol–water partition coefficient (Wildman–Crippen LogP) is 3.28. The summed E-state index contributed by atoms with van der Waals surface area (Å²) < 4.78 is 6.92. The van der Waals surface area contributed by atoms with Crippen molar-refractivity contribution in [2.24, 2.45) is 0 Å². The van der Waals surface area contributed by atoms with Crippen molar-refractivity contribution in [2.75, 3.05) is 13.2 Å². The van der Waals surface area contributed by atoms with E-state index in [0.29, 0.717) is 36.6 Å². The number of para-hydroxylation sites is 1. The number of aryl methyl sites for hydroxylation is 1. The van der Waals surface area contributed by atoms with Gasteiger partial charge in [-0.2, -0.15) is 0 Å². The number of hydrogen-bond donors (Lipinski definition) is 4. The van der Waals surface area contributed by atoms with Gasteiger partial charge in [-0.25, -0.2) is 9.59 Å². The molecule has 0 radical (unpaired) electrons. The summed E-state index contributed by atoms with van der Waals surface area (Å²) in [4.78, 5) is 30.9. The van der Waals surface area contributed by atoms with Crippen molar-refractivity contribution in [3.63, 3.8) is 0 Å². The van der Waals surface area contributed by atoms with Crippen molar-refractivity contribution in [3.05, 3.63) is 68.7 Å². The van der Waals surface area contributed by atoms with Gasteiger partial charge in [0.1, 0.15) is 5.69 Å². The maximum absolute atomic E-state index is 12.5. The summed E-state index contributed by atoms with van der Waals surface area (Å²) in [6.45, 7) is 3.09. The number of nitrogens with one attached hydrogen (secondary N) is 3. The molecule has 4 aromatic rings. The first-order chi connectivity index (χ1) is 16.0. The van der Waals surface area contributed by atoms with Crippen LogP contribution in [0.25, 0.3) is 21.9 Å². The highest BCUT2D eigenvalue weighted by Crippen LogP contribution is 2.30. The van der Waals surface area contributed by atoms with E-state index in [1.165, 1.54) is 0 Å². The highest BCUT2D eigenvalue weighted by atomic mass is 35.5. The molecule has 1 aliphatic heterocycles. The van der Waals surface area contributed by atoms with Crippen molar-refractivity contribution in [1.29, 1.82) is 0 Å². The number of imidazole rings is 1. The van der Waals surface area contributed by atoms with Gasteiger partial charge in [0.2, 0.25) is 0 Å². The molecule has 0 bridgehead atoms. The number of aliphatic hydroxyl groups excluding tert-OH is 1. The van der Waals surface area contributed by atoms with Crippen LogP contribution < -0.4 is 11.0 Å². The zero-order chi connectivity index (χ0) is 23.1. The van der Waals surface area contributed by atoms with Crippen molar-refractivity contribution < 1.29 is 14.6 Å². The molecule has 3 heterocycles. The van der Waals surface area contributed by atoms with Gasteiger partial charge in [0.15, 0.2) is 0 Å². The molecule has 0 spiro atoms. The minimum Gasteiger partial charge on any atom is -0.461 e. The van der Waals surface area contributed by atoms with Gasteiger partial charge in [-0.15, -0.1) is 0 Å². The fourth-order valence-electron chi connectivity index (χ4n) is 4.80. The second-order valence-electron chi connectivity index (χ2n) is 8.26. The Kier molecular flexibility index (Phi) is 5.74. The van der Waals surface area contributed by atoms with Gasteiger partial charge >= 0.3 is 11.7 Å². The molecule has 0 aliphatic carbocycles. The van der Waals surface area contributed by atoms with Crippen LogP contribution in [0.15, 0.2) is 41.2 Å². The second kappa shape index (κ2) is 8.70. The first-order valence-corrected chi connectivity index (χ1v) is 11.5. The lowest BCUT2D eigenvalue weighted by atomic mass is 9.99. The van der Waals surface area contributed by atoms with Crippen molar-refractivity contribution in [3.8, 4) is 0 Å². The average Bonchev–Trinajstić information content (AvgIpc) is 3.27. The highest BCUT2D eigenvalue weighted by Gasteiger charge is 2.28. The van der Waals surface area contributed by atoms with E-state index >= 15 is 0 Å². The molecule has 1 aliphatic rings. The summed E-state index contributed by atoms with van der Waals surface area (Å²) in [5, 5.41) is 16.0. The number of carbonyl (C=O) groups excluding carboxylic acids is 1. The van der Waals surface area contributed by atoms with Crippen molar-refractivity contribution in [2.45, 2.75) is 38.5 Å². The molecule has 0 saturated carbocycles. The topological polar surface area (TPSA) is 112 Å². The van der Waals surface area contributed by atoms with Crippen LogP contribution in [0, 0.1) is 0 Å². The summed E-state index contributed by atoms with van der Waals surface area (Å²) in [5.74, 6) is -0.403. The van der Waals surface area contributed by atoms with Crippen LogP contribution in [0.3, 0.4) is 0 Å². The molecule has 2 aromatic carbocycles. The number of H-pyrrole nitrogens is 2. The predicted molar refractivity (Wildman–Crippen MR) is 127 cm³/mol. The first kappa shape index (κ1) is 21.8. The number of aromatic nitrogens is 3. The van der Waals surface area contributed by atoms with Crippen molar-refractivity contribution in [1.82, 2.24) is 19.9 Å². The SMILES string of the molecule is CCOC(=O)c1[nH]c2cc(Cl)ccc2c1CCN[C@@H]1CCn2c(=O)[nH]c3cccc(c32)C1O. The van der Waals surface area contributed by atoms with E-state index in [4.69, 9.17) is 16.3 Å². The lowest BCUT2D eigenvalue weighted by molar-refractivity contribution is 0.0519. The summed E-state index contributed by atoms with van der Waals surface area (Å²) in [6, 6.07) is 10.8. The average molecular weight is 469 g/mol. The monoisotopic (exact) mass is 468 g/mol. The van der Waals surface area contributed by atoms with E-state index in [-0.39, 0.29) is 18.3 Å². The molecule has 0 fully saturated rings. The minimum absolute atomic E-state index is 0.165. The molecule has 8 nitrogen and oxygen atoms in total. The number of hydrogen-bond acceptors (Lipinski definition) is 5. The Balaban J connectivity index is 1.38. The molecule has 1 unspecified atom stereocenters. The molecular formula is C24H25ClN4O4. The van der Waals surface area contributed by atoms with Crippen LogP contribution in [0.4, 0.5) is 0 Å². The fraction of sp³-hybridized carbons (Fsp3) is 0.333. The van der Waals surface area contributed by atoms with Gasteiger partial charge < -0.3 is 25.1 Å². The van der Waals surface area contributed by atoms with Gasteiger partial charge in [0, 0.05) is 34.1 Å². The number of fused-ring (bicyclic) bond motifs is 1. The maximum Gasteiger partial charge on any atom is 0.355 e. The van der Waals surface area contributed by atoms with Crippen LogP contribution >= 0.6 is 11.6 Å². The Morgan fingerprint density at radius 3 is 2.94 bits per heavy atom. The Morgan fingerprint density at radius 2 is 2.12 bits per heavy atom. The van der Waals surface area contributed by atoms with E-state index in [0.717, 1.165) is 33.1 Å². The Morgan fingerprint density at radius 1 is 1.27 bits per heavy atom. The molecule has 0 amide bonds. The number of nitrogens with zero attached hydrogens (tertiary/aromatic N) is 1. The van der Waals surface area contributed by atoms with Crippen LogP contribution in [-0.4, -0.2) is 44.8 Å². The maximum atomic E-state index is 12.5. The summed E-state index contributed by atoms with van der Waals surface area (Å²) in [5.41, 5.74) is 4.10. The number of aliphatic hydroxyl groups is 1. The summed E-state index contributed by atoms with van der Waals surface area (Å²) in [7, 11) is 0. The quantitative estimate of drug-likeness (QED) is 0.324. The van der Waals surface area contributed by atoms with Gasteiger partial charge in [-0.3, -0.25) is 4.57 Å². The fourth-order valence-corrected chi connectivity index (χ4v) is 4.98. The van der Waals surface area contributed by atoms with E-state index in [1.807, 2.05) is 24.3 Å². The van der Waals surface area contributed by atoms with E-state index in [2.05, 4.69) is 15.3 Å². The summed E-state index contributed by atoms with van der Waals surface area (Å²) in [6.07, 6.45) is 0.386. The normalized spacial score (nSPS) is 18.0.